The van der Waals surface area contributed by atoms with Gasteiger partial charge in [-0.25, -0.2) is 0 Å². The first-order chi connectivity index (χ1) is 8.90. The molecule has 3 heteroatoms. The lowest BCUT2D eigenvalue weighted by Crippen LogP contribution is -2.32. The normalized spacial score (nSPS) is 12.9. The van der Waals surface area contributed by atoms with Crippen molar-refractivity contribution in [1.82, 2.24) is 0 Å². The first-order valence-corrected chi connectivity index (χ1v) is 6.72. The molecule has 1 atom stereocenters. The minimum absolute atomic E-state index is 0.260. The van der Waals surface area contributed by atoms with Crippen molar-refractivity contribution in [2.24, 2.45) is 5.41 Å². The maximum atomic E-state index is 11.5. The Morgan fingerprint density at radius 1 is 1.26 bits per heavy atom. The quantitative estimate of drug-likeness (QED) is 0.733. The smallest absolute Gasteiger partial charge is 0.314 e. The van der Waals surface area contributed by atoms with E-state index >= 15 is 0 Å². The second-order valence-corrected chi connectivity index (χ2v) is 5.54. The van der Waals surface area contributed by atoms with Crippen LogP contribution in [0.4, 0.5) is 0 Å². The maximum absolute atomic E-state index is 11.5. The summed E-state index contributed by atoms with van der Waals surface area (Å²) in [7, 11) is 1.39. The summed E-state index contributed by atoms with van der Waals surface area (Å²) in [4.78, 5) is 11.5. The zero-order valence-electron chi connectivity index (χ0n) is 12.5. The van der Waals surface area contributed by atoms with Crippen molar-refractivity contribution in [3.8, 4) is 5.75 Å². The van der Waals surface area contributed by atoms with Crippen molar-refractivity contribution in [3.05, 3.63) is 29.8 Å². The first-order valence-electron chi connectivity index (χ1n) is 6.72. The van der Waals surface area contributed by atoms with Crippen molar-refractivity contribution in [2.75, 3.05) is 13.7 Å². The van der Waals surface area contributed by atoms with Gasteiger partial charge in [-0.3, -0.25) is 4.79 Å². The highest BCUT2D eigenvalue weighted by molar-refractivity contribution is 5.75. The molecule has 0 bridgehead atoms. The second kappa shape index (κ2) is 6.60. The van der Waals surface area contributed by atoms with Gasteiger partial charge < -0.3 is 9.47 Å². The maximum Gasteiger partial charge on any atom is 0.314 e. The van der Waals surface area contributed by atoms with Crippen LogP contribution in [-0.2, 0) is 9.53 Å². The largest absolute Gasteiger partial charge is 0.492 e. The molecule has 0 N–H and O–H groups in total. The highest BCUT2D eigenvalue weighted by Crippen LogP contribution is 2.23. The zero-order valence-corrected chi connectivity index (χ0v) is 12.5. The van der Waals surface area contributed by atoms with Gasteiger partial charge in [0.15, 0.2) is 0 Å². The summed E-state index contributed by atoms with van der Waals surface area (Å²) >= 11 is 0. The predicted molar refractivity (Wildman–Crippen MR) is 76.4 cm³/mol. The van der Waals surface area contributed by atoms with Crippen LogP contribution in [0.25, 0.3) is 0 Å². The van der Waals surface area contributed by atoms with Crippen LogP contribution in [0.5, 0.6) is 5.75 Å². The van der Waals surface area contributed by atoms with Crippen molar-refractivity contribution in [2.45, 2.75) is 40.0 Å². The van der Waals surface area contributed by atoms with Crippen molar-refractivity contribution in [3.63, 3.8) is 0 Å². The summed E-state index contributed by atoms with van der Waals surface area (Å²) in [6, 6.07) is 8.06. The van der Waals surface area contributed by atoms with Crippen LogP contribution in [0.2, 0.25) is 0 Å². The molecule has 0 aliphatic carbocycles. The minimum atomic E-state index is -0.635. The Kier molecular flexibility index (Phi) is 5.40. The van der Waals surface area contributed by atoms with Crippen LogP contribution in [0.15, 0.2) is 24.3 Å². The van der Waals surface area contributed by atoms with Crippen molar-refractivity contribution >= 4 is 5.97 Å². The average Bonchev–Trinajstić information content (AvgIpc) is 2.43. The van der Waals surface area contributed by atoms with Gasteiger partial charge in [-0.1, -0.05) is 26.0 Å². The Bertz CT molecular complexity index is 407. The Hall–Kier alpha value is -1.51. The summed E-state index contributed by atoms with van der Waals surface area (Å²) < 4.78 is 10.4. The number of methoxy groups -OCH3 is 1. The lowest BCUT2D eigenvalue weighted by atomic mass is 9.95. The summed E-state index contributed by atoms with van der Waals surface area (Å²) in [5, 5.41) is 0. The molecule has 3 nitrogen and oxygen atoms in total. The number of hydrogen-bond acceptors (Lipinski definition) is 3. The SMILES string of the molecule is CCC(C)c1ccc(OCC(C)(C)C(=O)OC)cc1. The van der Waals surface area contributed by atoms with Crippen molar-refractivity contribution < 1.29 is 14.3 Å². The molecule has 0 saturated carbocycles. The third-order valence-electron chi connectivity index (χ3n) is 3.40. The third kappa shape index (κ3) is 4.27. The number of benzene rings is 1. The standard InChI is InChI=1S/C16H24O3/c1-6-12(2)13-7-9-14(10-8-13)19-11-16(3,4)15(17)18-5/h7-10,12H,6,11H2,1-5H3. The van der Waals surface area contributed by atoms with Gasteiger partial charge in [-0.2, -0.15) is 0 Å². The van der Waals surface area contributed by atoms with E-state index in [9.17, 15) is 4.79 Å². The van der Waals surface area contributed by atoms with E-state index in [0.717, 1.165) is 12.2 Å². The lowest BCUT2D eigenvalue weighted by molar-refractivity contribution is -0.152. The molecular formula is C16H24O3. The number of esters is 1. The molecule has 0 aromatic heterocycles. The van der Waals surface area contributed by atoms with Crippen LogP contribution in [0.3, 0.4) is 0 Å². The van der Waals surface area contributed by atoms with E-state index < -0.39 is 5.41 Å². The number of rotatable bonds is 6. The molecule has 0 spiro atoms. The fourth-order valence-electron chi connectivity index (χ4n) is 1.73. The van der Waals surface area contributed by atoms with Crippen LogP contribution >= 0.6 is 0 Å². The first kappa shape index (κ1) is 15.5. The Morgan fingerprint density at radius 2 is 1.84 bits per heavy atom. The van der Waals surface area contributed by atoms with Gasteiger partial charge in [-0.15, -0.1) is 0 Å². The van der Waals surface area contributed by atoms with Gasteiger partial charge in [0.25, 0.3) is 0 Å². The van der Waals surface area contributed by atoms with E-state index in [4.69, 9.17) is 9.47 Å². The van der Waals surface area contributed by atoms with Crippen molar-refractivity contribution in [1.29, 1.82) is 0 Å². The molecule has 1 aromatic carbocycles. The van der Waals surface area contributed by atoms with Gasteiger partial charge in [0.2, 0.25) is 0 Å². The van der Waals surface area contributed by atoms with Crippen LogP contribution in [-0.4, -0.2) is 19.7 Å². The third-order valence-corrected chi connectivity index (χ3v) is 3.40. The highest BCUT2D eigenvalue weighted by Gasteiger charge is 2.29. The van der Waals surface area contributed by atoms with E-state index in [2.05, 4.69) is 26.0 Å². The van der Waals surface area contributed by atoms with Gasteiger partial charge in [-0.05, 0) is 43.9 Å². The Balaban J connectivity index is 2.62. The van der Waals surface area contributed by atoms with Crippen LogP contribution in [0.1, 0.15) is 45.6 Å². The Morgan fingerprint density at radius 3 is 2.32 bits per heavy atom. The lowest BCUT2D eigenvalue weighted by Gasteiger charge is -2.21. The molecule has 0 radical (unpaired) electrons. The van der Waals surface area contributed by atoms with Gasteiger partial charge in [0, 0.05) is 0 Å². The summed E-state index contributed by atoms with van der Waals surface area (Å²) in [5.41, 5.74) is 0.673. The van der Waals surface area contributed by atoms with Gasteiger partial charge in [0.05, 0.1) is 12.5 Å². The predicted octanol–water partition coefficient (Wildman–Crippen LogP) is 3.78. The fourth-order valence-corrected chi connectivity index (χ4v) is 1.73. The highest BCUT2D eigenvalue weighted by atomic mass is 16.5. The molecular weight excluding hydrogens is 240 g/mol. The molecule has 19 heavy (non-hydrogen) atoms. The number of carbonyl (C=O) groups is 1. The van der Waals surface area contributed by atoms with E-state index in [-0.39, 0.29) is 5.97 Å². The zero-order chi connectivity index (χ0) is 14.5. The molecule has 1 rings (SSSR count). The minimum Gasteiger partial charge on any atom is -0.492 e. The average molecular weight is 264 g/mol. The monoisotopic (exact) mass is 264 g/mol. The topological polar surface area (TPSA) is 35.5 Å². The Labute approximate surface area is 115 Å². The molecule has 1 aromatic rings. The summed E-state index contributed by atoms with van der Waals surface area (Å²) in [6.45, 7) is 8.31. The molecule has 0 heterocycles. The second-order valence-electron chi connectivity index (χ2n) is 5.54. The van der Waals surface area contributed by atoms with Gasteiger partial charge >= 0.3 is 5.97 Å². The number of ether oxygens (including phenoxy) is 2. The van der Waals surface area contributed by atoms with E-state index in [0.29, 0.717) is 12.5 Å². The van der Waals surface area contributed by atoms with Crippen LogP contribution in [0, 0.1) is 5.41 Å². The summed E-state index contributed by atoms with van der Waals surface area (Å²) in [6.07, 6.45) is 1.12. The van der Waals surface area contributed by atoms with E-state index in [1.54, 1.807) is 0 Å². The van der Waals surface area contributed by atoms with Crippen LogP contribution < -0.4 is 4.74 Å². The summed E-state index contributed by atoms with van der Waals surface area (Å²) in [5.74, 6) is 1.08. The molecule has 0 aliphatic heterocycles. The molecule has 0 amide bonds. The van der Waals surface area contributed by atoms with Gasteiger partial charge in [0.1, 0.15) is 12.4 Å². The molecule has 106 valence electrons. The number of hydrogen-bond donors (Lipinski definition) is 0. The molecule has 0 aliphatic rings. The molecule has 0 saturated heterocycles. The van der Waals surface area contributed by atoms with E-state index in [1.165, 1.54) is 12.7 Å². The van der Waals surface area contributed by atoms with E-state index in [1.807, 2.05) is 26.0 Å². The fraction of sp³-hybridized carbons (Fsp3) is 0.562. The molecule has 0 fully saturated rings. The number of carbonyl (C=O) groups excluding carboxylic acids is 1. The molecule has 1 unspecified atom stereocenters.